The predicted octanol–water partition coefficient (Wildman–Crippen LogP) is 13.2. The molecular weight excluding hydrogens is 707 g/mol. The van der Waals surface area contributed by atoms with Crippen molar-refractivity contribution in [2.45, 2.75) is 0 Å². The van der Waals surface area contributed by atoms with Crippen LogP contribution in [0.5, 0.6) is 0 Å². The molecule has 0 amide bonds. The van der Waals surface area contributed by atoms with E-state index >= 15 is 0 Å². The van der Waals surface area contributed by atoms with Crippen molar-refractivity contribution in [3.05, 3.63) is 206 Å². The van der Waals surface area contributed by atoms with Crippen LogP contribution in [0.25, 0.3) is 100 Å². The summed E-state index contributed by atoms with van der Waals surface area (Å²) in [6.07, 6.45) is 0. The lowest BCUT2D eigenvalue weighted by Crippen LogP contribution is -1.97. The zero-order valence-electron chi connectivity index (χ0n) is 31.3. The second kappa shape index (κ2) is 13.6. The molecule has 0 radical (unpaired) electrons. The smallest absolute Gasteiger partial charge is 0.160 e. The van der Waals surface area contributed by atoms with Crippen molar-refractivity contribution in [3.63, 3.8) is 0 Å². The minimum absolute atomic E-state index is 0.627. The Hall–Kier alpha value is -8.07. The molecule has 3 heterocycles. The molecule has 0 aliphatic rings. The summed E-state index contributed by atoms with van der Waals surface area (Å²) >= 11 is 0. The normalized spacial score (nSPS) is 11.4. The zero-order valence-corrected chi connectivity index (χ0v) is 31.3. The summed E-state index contributed by atoms with van der Waals surface area (Å²) in [6.45, 7) is 0. The highest BCUT2D eigenvalue weighted by molar-refractivity contribution is 6.12. The zero-order chi connectivity index (χ0) is 38.6. The van der Waals surface area contributed by atoms with Crippen LogP contribution in [-0.4, -0.2) is 19.1 Å². The fourth-order valence-electron chi connectivity index (χ4n) is 8.42. The van der Waals surface area contributed by atoms with Crippen molar-refractivity contribution in [1.29, 1.82) is 5.26 Å². The molecule has 0 N–H and O–H groups in total. The number of benzene rings is 8. The number of nitrogens with zero attached hydrogens (tertiary/aromatic N) is 5. The van der Waals surface area contributed by atoms with Gasteiger partial charge in [0.05, 0.1) is 45.1 Å². The molecule has 11 rings (SSSR count). The first-order chi connectivity index (χ1) is 28.7. The van der Waals surface area contributed by atoms with Gasteiger partial charge < -0.3 is 9.13 Å². The van der Waals surface area contributed by atoms with E-state index in [1.165, 1.54) is 21.8 Å². The highest BCUT2D eigenvalue weighted by atomic mass is 15.0. The van der Waals surface area contributed by atoms with Crippen LogP contribution in [-0.2, 0) is 0 Å². The van der Waals surface area contributed by atoms with Crippen LogP contribution < -0.4 is 0 Å². The topological polar surface area (TPSA) is 59.4 Å². The van der Waals surface area contributed by atoms with E-state index < -0.39 is 0 Å². The summed E-state index contributed by atoms with van der Waals surface area (Å²) in [5.74, 6) is 0.674. The second-order valence-corrected chi connectivity index (χ2v) is 14.6. The van der Waals surface area contributed by atoms with Crippen molar-refractivity contribution >= 4 is 43.6 Å². The van der Waals surface area contributed by atoms with Crippen molar-refractivity contribution in [2.75, 3.05) is 0 Å². The maximum absolute atomic E-state index is 9.66. The Morgan fingerprint density at radius 3 is 1.47 bits per heavy atom. The van der Waals surface area contributed by atoms with Crippen molar-refractivity contribution < 1.29 is 0 Å². The quantitative estimate of drug-likeness (QED) is 0.171. The molecule has 0 bridgehead atoms. The van der Waals surface area contributed by atoms with E-state index in [0.717, 1.165) is 72.4 Å². The molecule has 5 heteroatoms. The number of rotatable bonds is 6. The Kier molecular flexibility index (Phi) is 7.80. The molecule has 8 aromatic carbocycles. The van der Waals surface area contributed by atoms with Gasteiger partial charge in [-0.15, -0.1) is 0 Å². The van der Waals surface area contributed by atoms with E-state index in [-0.39, 0.29) is 0 Å². The van der Waals surface area contributed by atoms with E-state index in [0.29, 0.717) is 11.4 Å². The molecular formula is C53H33N5. The van der Waals surface area contributed by atoms with E-state index in [2.05, 4.69) is 155 Å². The minimum atomic E-state index is 0.627. The van der Waals surface area contributed by atoms with Crippen LogP contribution in [0.2, 0.25) is 0 Å². The average molecular weight is 740 g/mol. The second-order valence-electron chi connectivity index (χ2n) is 14.6. The fraction of sp³-hybridized carbons (Fsp3) is 0. The molecule has 0 fully saturated rings. The standard InChI is InChI=1S/C53H33N5/c54-34-35-22-25-41(26-23-35)57-51-31-39(24-28-45(51)46-29-27-42(32-52(46)57)58-49-20-9-7-18-43(49)44-19-8-10-21-50(44)58)38-16-11-17-40(30-38)53-55-47(36-12-3-1-4-13-36)33-48(56-53)37-14-5-2-6-15-37/h1-33H. The number of hydrogen-bond donors (Lipinski definition) is 0. The van der Waals surface area contributed by atoms with Crippen LogP contribution in [0, 0.1) is 11.3 Å². The average Bonchev–Trinajstić information content (AvgIpc) is 3.81. The van der Waals surface area contributed by atoms with Gasteiger partial charge in [-0.3, -0.25) is 0 Å². The van der Waals surface area contributed by atoms with Crippen LogP contribution in [0.3, 0.4) is 0 Å². The third-order valence-corrected chi connectivity index (χ3v) is 11.2. The monoisotopic (exact) mass is 739 g/mol. The highest BCUT2D eigenvalue weighted by Crippen LogP contribution is 2.39. The van der Waals surface area contributed by atoms with Gasteiger partial charge in [-0.1, -0.05) is 133 Å². The molecule has 270 valence electrons. The third kappa shape index (κ3) is 5.55. The first kappa shape index (κ1) is 33.3. The highest BCUT2D eigenvalue weighted by Gasteiger charge is 2.18. The first-order valence-electron chi connectivity index (χ1n) is 19.4. The predicted molar refractivity (Wildman–Crippen MR) is 237 cm³/mol. The summed E-state index contributed by atoms with van der Waals surface area (Å²) in [5, 5.41) is 14.4. The molecule has 3 aromatic heterocycles. The van der Waals surface area contributed by atoms with E-state index in [9.17, 15) is 5.26 Å². The van der Waals surface area contributed by atoms with E-state index in [1.54, 1.807) is 0 Å². The molecule has 0 spiro atoms. The van der Waals surface area contributed by atoms with E-state index in [1.807, 2.05) is 60.7 Å². The molecule has 0 atom stereocenters. The van der Waals surface area contributed by atoms with Gasteiger partial charge in [-0.2, -0.15) is 5.26 Å². The Labute approximate surface area is 335 Å². The Balaban J connectivity index is 1.09. The van der Waals surface area contributed by atoms with Crippen LogP contribution in [0.1, 0.15) is 5.56 Å². The SMILES string of the molecule is N#Cc1ccc(-n2c3cc(-c4cccc(-c5nc(-c6ccccc6)cc(-c6ccccc6)n5)c4)ccc3c3ccc(-n4c5ccccc5c5ccccc54)cc32)cc1. The van der Waals surface area contributed by atoms with Crippen LogP contribution in [0.15, 0.2) is 200 Å². The summed E-state index contributed by atoms with van der Waals surface area (Å²) < 4.78 is 4.69. The lowest BCUT2D eigenvalue weighted by molar-refractivity contribution is 1.15. The van der Waals surface area contributed by atoms with Gasteiger partial charge in [0.1, 0.15) is 0 Å². The van der Waals surface area contributed by atoms with Gasteiger partial charge in [0.2, 0.25) is 0 Å². The third-order valence-electron chi connectivity index (χ3n) is 11.2. The molecule has 0 saturated carbocycles. The molecule has 5 nitrogen and oxygen atoms in total. The lowest BCUT2D eigenvalue weighted by Gasteiger charge is -2.12. The molecule has 0 aliphatic carbocycles. The summed E-state index contributed by atoms with van der Waals surface area (Å²) in [6, 6.07) is 72.0. The van der Waals surface area contributed by atoms with Crippen LogP contribution >= 0.6 is 0 Å². The molecule has 0 aliphatic heterocycles. The Morgan fingerprint density at radius 1 is 0.345 bits per heavy atom. The Bertz CT molecular complexity index is 3280. The number of para-hydroxylation sites is 2. The molecule has 0 unspecified atom stereocenters. The maximum atomic E-state index is 9.66. The fourth-order valence-corrected chi connectivity index (χ4v) is 8.42. The number of nitriles is 1. The van der Waals surface area contributed by atoms with Crippen molar-refractivity contribution in [3.8, 4) is 62.5 Å². The summed E-state index contributed by atoms with van der Waals surface area (Å²) in [4.78, 5) is 10.2. The van der Waals surface area contributed by atoms with Gasteiger partial charge in [-0.25, -0.2) is 9.97 Å². The van der Waals surface area contributed by atoms with Gasteiger partial charge in [0.25, 0.3) is 0 Å². The summed E-state index contributed by atoms with van der Waals surface area (Å²) in [5.41, 5.74) is 14.1. The number of hydrogen-bond acceptors (Lipinski definition) is 3. The number of fused-ring (bicyclic) bond motifs is 6. The molecule has 11 aromatic rings. The van der Waals surface area contributed by atoms with Gasteiger partial charge in [-0.05, 0) is 77.9 Å². The number of aromatic nitrogens is 4. The largest absolute Gasteiger partial charge is 0.309 e. The van der Waals surface area contributed by atoms with Crippen LogP contribution in [0.4, 0.5) is 0 Å². The van der Waals surface area contributed by atoms with Gasteiger partial charge in [0.15, 0.2) is 5.82 Å². The van der Waals surface area contributed by atoms with Gasteiger partial charge in [0, 0.05) is 49.6 Å². The Morgan fingerprint density at radius 2 is 0.828 bits per heavy atom. The molecule has 0 saturated heterocycles. The maximum Gasteiger partial charge on any atom is 0.160 e. The lowest BCUT2D eigenvalue weighted by atomic mass is 10.0. The van der Waals surface area contributed by atoms with Crippen molar-refractivity contribution in [1.82, 2.24) is 19.1 Å². The molecule has 58 heavy (non-hydrogen) atoms. The minimum Gasteiger partial charge on any atom is -0.309 e. The van der Waals surface area contributed by atoms with Gasteiger partial charge >= 0.3 is 0 Å². The van der Waals surface area contributed by atoms with E-state index in [4.69, 9.17) is 9.97 Å². The van der Waals surface area contributed by atoms with Crippen molar-refractivity contribution in [2.24, 2.45) is 0 Å². The summed E-state index contributed by atoms with van der Waals surface area (Å²) in [7, 11) is 0. The first-order valence-corrected chi connectivity index (χ1v) is 19.4.